The molecule has 10 heavy (non-hydrogen) atoms. The zero-order valence-corrected chi connectivity index (χ0v) is 6.97. The first-order valence-corrected chi connectivity index (χ1v) is 3.98. The number of hydrogen-bond acceptors (Lipinski definition) is 2. The predicted molar refractivity (Wildman–Crippen MR) is 42.0 cm³/mol. The first kappa shape index (κ1) is 9.92. The van der Waals surface area contributed by atoms with Crippen LogP contribution < -0.4 is 0 Å². The molecule has 0 aromatic heterocycles. The summed E-state index contributed by atoms with van der Waals surface area (Å²) >= 11 is 0. The van der Waals surface area contributed by atoms with Gasteiger partial charge in [0.15, 0.2) is 0 Å². The Labute approximate surface area is 63.2 Å². The first-order valence-electron chi connectivity index (χ1n) is 3.98. The van der Waals surface area contributed by atoms with E-state index in [4.69, 9.17) is 9.84 Å². The molecular weight excluding hydrogens is 128 g/mol. The van der Waals surface area contributed by atoms with Gasteiger partial charge in [0.2, 0.25) is 0 Å². The molecular formula is C8H18O2. The number of aliphatic hydroxyl groups excluding tert-OH is 1. The second kappa shape index (κ2) is 7.03. The lowest BCUT2D eigenvalue weighted by atomic mass is 10.1. The molecule has 62 valence electrons. The van der Waals surface area contributed by atoms with Crippen molar-refractivity contribution in [2.24, 2.45) is 0 Å². The van der Waals surface area contributed by atoms with Crippen molar-refractivity contribution in [3.63, 3.8) is 0 Å². The zero-order valence-electron chi connectivity index (χ0n) is 6.97. The number of rotatable bonds is 6. The lowest BCUT2D eigenvalue weighted by molar-refractivity contribution is 0.146. The summed E-state index contributed by atoms with van der Waals surface area (Å²) in [5, 5.41) is 9.12. The van der Waals surface area contributed by atoms with E-state index in [0.29, 0.717) is 0 Å². The van der Waals surface area contributed by atoms with E-state index < -0.39 is 0 Å². The molecule has 0 saturated heterocycles. The van der Waals surface area contributed by atoms with Crippen LogP contribution in [0.1, 0.15) is 32.6 Å². The van der Waals surface area contributed by atoms with Gasteiger partial charge in [-0.2, -0.15) is 0 Å². The standard InChI is InChI=1S/C8H18O2/c1-3-8(9)6-4-5-7-10-2/h8-9H,3-7H2,1-2H3. The van der Waals surface area contributed by atoms with Gasteiger partial charge in [-0.05, 0) is 25.7 Å². The van der Waals surface area contributed by atoms with Crippen LogP contribution in [0.3, 0.4) is 0 Å². The van der Waals surface area contributed by atoms with E-state index in [2.05, 4.69) is 0 Å². The number of unbranched alkanes of at least 4 members (excludes halogenated alkanes) is 1. The Morgan fingerprint density at radius 1 is 1.40 bits per heavy atom. The second-order valence-electron chi connectivity index (χ2n) is 2.55. The minimum atomic E-state index is -0.100. The molecule has 0 heterocycles. The lowest BCUT2D eigenvalue weighted by Crippen LogP contribution is -2.04. The van der Waals surface area contributed by atoms with Gasteiger partial charge < -0.3 is 9.84 Å². The third-order valence-corrected chi connectivity index (χ3v) is 1.61. The third kappa shape index (κ3) is 6.05. The molecule has 2 nitrogen and oxygen atoms in total. The van der Waals surface area contributed by atoms with E-state index in [1.807, 2.05) is 6.92 Å². The maximum absolute atomic E-state index is 9.12. The van der Waals surface area contributed by atoms with Crippen LogP contribution in [0.25, 0.3) is 0 Å². The Morgan fingerprint density at radius 3 is 2.60 bits per heavy atom. The molecule has 0 rings (SSSR count). The highest BCUT2D eigenvalue weighted by Gasteiger charge is 1.98. The average Bonchev–Trinajstić information content (AvgIpc) is 1.98. The Morgan fingerprint density at radius 2 is 2.10 bits per heavy atom. The van der Waals surface area contributed by atoms with Crippen LogP contribution in [-0.4, -0.2) is 24.9 Å². The van der Waals surface area contributed by atoms with Crippen molar-refractivity contribution < 1.29 is 9.84 Å². The quantitative estimate of drug-likeness (QED) is 0.576. The fourth-order valence-corrected chi connectivity index (χ4v) is 0.830. The second-order valence-corrected chi connectivity index (χ2v) is 2.55. The van der Waals surface area contributed by atoms with Crippen LogP contribution in [0, 0.1) is 0 Å². The molecule has 0 aliphatic carbocycles. The van der Waals surface area contributed by atoms with E-state index >= 15 is 0 Å². The van der Waals surface area contributed by atoms with Gasteiger partial charge in [0.25, 0.3) is 0 Å². The largest absolute Gasteiger partial charge is 0.393 e. The molecule has 0 spiro atoms. The Hall–Kier alpha value is -0.0800. The average molecular weight is 146 g/mol. The molecule has 0 saturated carbocycles. The minimum absolute atomic E-state index is 0.100. The predicted octanol–water partition coefficient (Wildman–Crippen LogP) is 1.57. The van der Waals surface area contributed by atoms with E-state index in [0.717, 1.165) is 32.3 Å². The van der Waals surface area contributed by atoms with Crippen molar-refractivity contribution in [3.8, 4) is 0 Å². The summed E-state index contributed by atoms with van der Waals surface area (Å²) in [4.78, 5) is 0. The van der Waals surface area contributed by atoms with Gasteiger partial charge in [-0.3, -0.25) is 0 Å². The summed E-state index contributed by atoms with van der Waals surface area (Å²) in [5.74, 6) is 0. The monoisotopic (exact) mass is 146 g/mol. The number of methoxy groups -OCH3 is 1. The fraction of sp³-hybridized carbons (Fsp3) is 1.00. The SMILES string of the molecule is CCC(O)CCCCOC. The number of ether oxygens (including phenoxy) is 1. The van der Waals surface area contributed by atoms with Gasteiger partial charge in [-0.15, -0.1) is 0 Å². The summed E-state index contributed by atoms with van der Waals surface area (Å²) in [7, 11) is 1.70. The topological polar surface area (TPSA) is 29.5 Å². The summed E-state index contributed by atoms with van der Waals surface area (Å²) in [5.41, 5.74) is 0. The van der Waals surface area contributed by atoms with Crippen LogP contribution in [0.4, 0.5) is 0 Å². The van der Waals surface area contributed by atoms with E-state index in [9.17, 15) is 0 Å². The highest BCUT2D eigenvalue weighted by molar-refractivity contribution is 4.51. The molecule has 0 aromatic carbocycles. The zero-order chi connectivity index (χ0) is 7.82. The number of aliphatic hydroxyl groups is 1. The molecule has 0 aliphatic rings. The van der Waals surface area contributed by atoms with Crippen LogP contribution in [0.5, 0.6) is 0 Å². The molecule has 0 fully saturated rings. The normalized spacial score (nSPS) is 13.5. The lowest BCUT2D eigenvalue weighted by Gasteiger charge is -2.05. The molecule has 1 N–H and O–H groups in total. The van der Waals surface area contributed by atoms with E-state index in [-0.39, 0.29) is 6.10 Å². The Bertz CT molecular complexity index is 64.3. The van der Waals surface area contributed by atoms with Gasteiger partial charge in [0.1, 0.15) is 0 Å². The molecule has 0 aliphatic heterocycles. The Balaban J connectivity index is 2.89. The fourth-order valence-electron chi connectivity index (χ4n) is 0.830. The van der Waals surface area contributed by atoms with Gasteiger partial charge >= 0.3 is 0 Å². The van der Waals surface area contributed by atoms with Crippen molar-refractivity contribution in [1.82, 2.24) is 0 Å². The van der Waals surface area contributed by atoms with Crippen LogP contribution in [0.15, 0.2) is 0 Å². The van der Waals surface area contributed by atoms with Gasteiger partial charge in [0.05, 0.1) is 6.10 Å². The molecule has 0 aromatic rings. The van der Waals surface area contributed by atoms with Gasteiger partial charge in [-0.25, -0.2) is 0 Å². The van der Waals surface area contributed by atoms with Crippen molar-refractivity contribution in [1.29, 1.82) is 0 Å². The smallest absolute Gasteiger partial charge is 0.0537 e. The third-order valence-electron chi connectivity index (χ3n) is 1.61. The first-order chi connectivity index (χ1) is 4.81. The Kier molecular flexibility index (Phi) is 6.98. The summed E-state index contributed by atoms with van der Waals surface area (Å²) in [6.07, 6.45) is 3.82. The number of hydrogen-bond donors (Lipinski definition) is 1. The van der Waals surface area contributed by atoms with Crippen LogP contribution in [0.2, 0.25) is 0 Å². The molecule has 2 heteroatoms. The van der Waals surface area contributed by atoms with Crippen molar-refractivity contribution in [2.45, 2.75) is 38.7 Å². The van der Waals surface area contributed by atoms with Crippen molar-refractivity contribution >= 4 is 0 Å². The van der Waals surface area contributed by atoms with Gasteiger partial charge in [-0.1, -0.05) is 6.92 Å². The van der Waals surface area contributed by atoms with Gasteiger partial charge in [0, 0.05) is 13.7 Å². The maximum Gasteiger partial charge on any atom is 0.0537 e. The van der Waals surface area contributed by atoms with Crippen molar-refractivity contribution in [2.75, 3.05) is 13.7 Å². The molecule has 1 atom stereocenters. The summed E-state index contributed by atoms with van der Waals surface area (Å²) in [6.45, 7) is 2.82. The molecule has 0 radical (unpaired) electrons. The summed E-state index contributed by atoms with van der Waals surface area (Å²) in [6, 6.07) is 0. The highest BCUT2D eigenvalue weighted by Crippen LogP contribution is 2.03. The maximum atomic E-state index is 9.12. The summed E-state index contributed by atoms with van der Waals surface area (Å²) < 4.78 is 4.88. The molecule has 1 unspecified atom stereocenters. The van der Waals surface area contributed by atoms with Crippen LogP contribution in [-0.2, 0) is 4.74 Å². The van der Waals surface area contributed by atoms with E-state index in [1.165, 1.54) is 0 Å². The van der Waals surface area contributed by atoms with Crippen LogP contribution >= 0.6 is 0 Å². The molecule has 0 amide bonds. The minimum Gasteiger partial charge on any atom is -0.393 e. The highest BCUT2D eigenvalue weighted by atomic mass is 16.5. The van der Waals surface area contributed by atoms with E-state index in [1.54, 1.807) is 7.11 Å². The molecule has 0 bridgehead atoms. The van der Waals surface area contributed by atoms with Crippen molar-refractivity contribution in [3.05, 3.63) is 0 Å².